The molecule has 15 heteroatoms. The number of pyridine rings is 2. The number of piperidine rings is 1. The van der Waals surface area contributed by atoms with E-state index in [1.165, 1.54) is 4.57 Å². The van der Waals surface area contributed by atoms with Crippen molar-refractivity contribution in [1.82, 2.24) is 24.5 Å². The highest BCUT2D eigenvalue weighted by Gasteiger charge is 2.40. The number of nitrogen functional groups attached to an aromatic ring is 1. The number of aromatic nitrogens is 5. The van der Waals surface area contributed by atoms with Gasteiger partial charge in [-0.05, 0) is 112 Å². The number of ketones is 1. The lowest BCUT2D eigenvalue weighted by atomic mass is 9.98. The van der Waals surface area contributed by atoms with Crippen LogP contribution in [0.1, 0.15) is 91.3 Å². The summed E-state index contributed by atoms with van der Waals surface area (Å²) >= 11 is 0. The number of carbonyl (C=O) groups excluding carboxylic acids is 2. The fourth-order valence-corrected chi connectivity index (χ4v) is 8.12. The molecule has 1 aliphatic heterocycles. The van der Waals surface area contributed by atoms with Crippen molar-refractivity contribution >= 4 is 53.3 Å². The van der Waals surface area contributed by atoms with Gasteiger partial charge in [-0.25, -0.2) is 19.3 Å². The zero-order chi connectivity index (χ0) is 38.5. The highest BCUT2D eigenvalue weighted by molar-refractivity contribution is 7.48. The Kier molecular flexibility index (Phi) is 10.1. The molecule has 53 heavy (non-hydrogen) atoms. The number of phosphoric acid groups is 1. The van der Waals surface area contributed by atoms with E-state index < -0.39 is 30.7 Å². The molecule has 0 amide bonds. The minimum Gasteiger partial charge on any atom is -0.443 e. The molecule has 0 saturated carbocycles. The molecule has 0 atom stereocenters. The van der Waals surface area contributed by atoms with Gasteiger partial charge in [-0.1, -0.05) is 0 Å². The lowest BCUT2D eigenvalue weighted by Crippen LogP contribution is -2.38. The molecule has 6 rings (SSSR count). The molecule has 4 aromatic heterocycles. The number of hydrogen-bond acceptors (Lipinski definition) is 12. The van der Waals surface area contributed by atoms with Crippen LogP contribution >= 0.6 is 7.82 Å². The SMILES string of the molecule is CC(C)(C)OC(=O)n1ccc2c(-c3cc(C(=O)c4nc5ccc(N6CCC(OP(=O)(OC(C)(C)C)OC(C)(C)C)CC6)nc5[nH]4)ccc3N)cncc21. The molecule has 0 bridgehead atoms. The van der Waals surface area contributed by atoms with Crippen LogP contribution in [0.4, 0.5) is 16.3 Å². The Bertz CT molecular complexity index is 2200. The van der Waals surface area contributed by atoms with Crippen molar-refractivity contribution in [1.29, 1.82) is 0 Å². The molecule has 0 unspecified atom stereocenters. The maximum atomic E-state index is 13.8. The van der Waals surface area contributed by atoms with E-state index in [1.807, 2.05) is 53.7 Å². The maximum Gasteiger partial charge on any atom is 0.476 e. The van der Waals surface area contributed by atoms with Gasteiger partial charge in [-0.3, -0.25) is 27.9 Å². The lowest BCUT2D eigenvalue weighted by Gasteiger charge is -2.36. The van der Waals surface area contributed by atoms with Crippen LogP contribution in [-0.2, 0) is 22.9 Å². The number of hydrogen-bond donors (Lipinski definition) is 2. The quantitative estimate of drug-likeness (QED) is 0.0884. The van der Waals surface area contributed by atoms with E-state index in [1.54, 1.807) is 63.6 Å². The average molecular weight is 746 g/mol. The minimum atomic E-state index is -3.84. The Hall–Kier alpha value is -4.62. The second-order valence-electron chi connectivity index (χ2n) is 16.2. The number of fused-ring (bicyclic) bond motifs is 2. The molecule has 5 aromatic rings. The molecule has 1 aliphatic rings. The minimum absolute atomic E-state index is 0.133. The Labute approximate surface area is 309 Å². The molecule has 0 spiro atoms. The predicted octanol–water partition coefficient (Wildman–Crippen LogP) is 8.29. The van der Waals surface area contributed by atoms with Gasteiger partial charge < -0.3 is 20.4 Å². The standard InChI is InChI=1S/C38H48N7O7P/c1-36(2,3)49-35(47)45-19-16-25-27(21-40-22-30(25)45)26-20-23(10-11-28(26)39)32(46)34-41-29-12-13-31(42-33(29)43-34)44-17-14-24(15-18-44)50-53(48,51-37(4,5)6)52-38(7,8)9/h10-13,16,19-22,24H,14-15,17-18,39H2,1-9H3,(H,41,42,43). The monoisotopic (exact) mass is 745 g/mol. The molecular weight excluding hydrogens is 697 g/mol. The largest absolute Gasteiger partial charge is 0.476 e. The summed E-state index contributed by atoms with van der Waals surface area (Å²) in [5.41, 5.74) is 7.94. The number of nitrogens with two attached hydrogens (primary N) is 1. The molecule has 1 fully saturated rings. The lowest BCUT2D eigenvalue weighted by molar-refractivity contribution is -0.0143. The van der Waals surface area contributed by atoms with E-state index in [-0.39, 0.29) is 17.7 Å². The van der Waals surface area contributed by atoms with Crippen LogP contribution in [0.15, 0.2) is 55.0 Å². The van der Waals surface area contributed by atoms with E-state index in [0.717, 1.165) is 5.39 Å². The first-order chi connectivity index (χ1) is 24.7. The average Bonchev–Trinajstić information content (AvgIpc) is 3.67. The number of aromatic amines is 1. The van der Waals surface area contributed by atoms with Crippen molar-refractivity contribution in [3.8, 4) is 11.1 Å². The molecule has 1 aromatic carbocycles. The fraction of sp³-hybridized carbons (Fsp3) is 0.447. The zero-order valence-electron chi connectivity index (χ0n) is 31.7. The highest BCUT2D eigenvalue weighted by Crippen LogP contribution is 2.57. The van der Waals surface area contributed by atoms with Crippen molar-refractivity contribution in [2.45, 2.75) is 98.1 Å². The predicted molar refractivity (Wildman–Crippen MR) is 204 cm³/mol. The van der Waals surface area contributed by atoms with Crippen molar-refractivity contribution in [2.24, 2.45) is 0 Å². The van der Waals surface area contributed by atoms with Gasteiger partial charge in [-0.15, -0.1) is 0 Å². The molecule has 14 nitrogen and oxygen atoms in total. The van der Waals surface area contributed by atoms with E-state index >= 15 is 0 Å². The summed E-state index contributed by atoms with van der Waals surface area (Å²) in [5, 5.41) is 0.726. The van der Waals surface area contributed by atoms with Gasteiger partial charge in [0.05, 0.1) is 29.0 Å². The Balaban J connectivity index is 1.18. The van der Waals surface area contributed by atoms with Crippen LogP contribution < -0.4 is 10.6 Å². The first-order valence-corrected chi connectivity index (χ1v) is 19.1. The molecular formula is C38H48N7O7P. The van der Waals surface area contributed by atoms with Gasteiger partial charge in [0.25, 0.3) is 0 Å². The number of rotatable bonds is 8. The smallest absolute Gasteiger partial charge is 0.443 e. The third-order valence-corrected chi connectivity index (χ3v) is 10.3. The summed E-state index contributed by atoms with van der Waals surface area (Å²) < 4.78 is 38.2. The molecule has 282 valence electrons. The summed E-state index contributed by atoms with van der Waals surface area (Å²) in [7, 11) is -3.84. The molecule has 1 saturated heterocycles. The maximum absolute atomic E-state index is 13.8. The van der Waals surface area contributed by atoms with Crippen LogP contribution in [-0.4, -0.2) is 72.4 Å². The highest BCUT2D eigenvalue weighted by atomic mass is 31.2. The number of carbonyl (C=O) groups is 2. The zero-order valence-corrected chi connectivity index (χ0v) is 32.6. The van der Waals surface area contributed by atoms with Crippen LogP contribution in [0.2, 0.25) is 0 Å². The topological polar surface area (TPSA) is 177 Å². The molecule has 3 N–H and O–H groups in total. The van der Waals surface area contributed by atoms with E-state index in [4.69, 9.17) is 29.0 Å². The number of benzene rings is 1. The number of nitrogens with one attached hydrogen (secondary N) is 1. The number of imidazole rings is 1. The number of nitrogens with zero attached hydrogens (tertiary/aromatic N) is 5. The van der Waals surface area contributed by atoms with Gasteiger partial charge in [0.1, 0.15) is 16.9 Å². The first-order valence-electron chi connectivity index (χ1n) is 17.6. The van der Waals surface area contributed by atoms with Crippen LogP contribution in [0, 0.1) is 0 Å². The van der Waals surface area contributed by atoms with Crippen LogP contribution in [0.3, 0.4) is 0 Å². The van der Waals surface area contributed by atoms with E-state index in [2.05, 4.69) is 19.9 Å². The van der Waals surface area contributed by atoms with E-state index in [0.29, 0.717) is 70.8 Å². The Morgan fingerprint density at radius 3 is 2.19 bits per heavy atom. The molecule has 0 radical (unpaired) electrons. The number of H-pyrrole nitrogens is 1. The molecule has 0 aliphatic carbocycles. The molecule has 5 heterocycles. The van der Waals surface area contributed by atoms with Crippen molar-refractivity contribution in [3.05, 3.63) is 66.4 Å². The van der Waals surface area contributed by atoms with E-state index in [9.17, 15) is 14.2 Å². The summed E-state index contributed by atoms with van der Waals surface area (Å²) in [6.45, 7) is 17.5. The number of phosphoric ester groups is 1. The van der Waals surface area contributed by atoms with Crippen molar-refractivity contribution in [2.75, 3.05) is 23.7 Å². The van der Waals surface area contributed by atoms with Crippen molar-refractivity contribution < 1.29 is 32.5 Å². The summed E-state index contributed by atoms with van der Waals surface area (Å²) in [6, 6.07) is 10.5. The van der Waals surface area contributed by atoms with Crippen molar-refractivity contribution in [3.63, 3.8) is 0 Å². The second kappa shape index (κ2) is 14.0. The summed E-state index contributed by atoms with van der Waals surface area (Å²) in [6.07, 6.45) is 5.21. The fourth-order valence-electron chi connectivity index (χ4n) is 6.08. The summed E-state index contributed by atoms with van der Waals surface area (Å²) in [4.78, 5) is 45.6. The van der Waals surface area contributed by atoms with Gasteiger partial charge >= 0.3 is 13.9 Å². The third kappa shape index (κ3) is 8.96. The first kappa shape index (κ1) is 38.1. The van der Waals surface area contributed by atoms with Gasteiger partial charge in [0, 0.05) is 53.2 Å². The number of anilines is 2. The Morgan fingerprint density at radius 2 is 1.55 bits per heavy atom. The number of ether oxygens (including phenoxy) is 1. The van der Waals surface area contributed by atoms with Gasteiger partial charge in [0.15, 0.2) is 11.5 Å². The summed E-state index contributed by atoms with van der Waals surface area (Å²) in [5.74, 6) is 0.510. The second-order valence-corrected chi connectivity index (χ2v) is 17.7. The Morgan fingerprint density at radius 1 is 0.868 bits per heavy atom. The van der Waals surface area contributed by atoms with Gasteiger partial charge in [-0.2, -0.15) is 0 Å². The van der Waals surface area contributed by atoms with Crippen LogP contribution in [0.5, 0.6) is 0 Å². The third-order valence-electron chi connectivity index (χ3n) is 8.17. The van der Waals surface area contributed by atoms with Gasteiger partial charge in [0.2, 0.25) is 5.78 Å². The van der Waals surface area contributed by atoms with Crippen LogP contribution in [0.25, 0.3) is 33.2 Å². The normalized spacial score (nSPS) is 15.0.